The molecular weight excluding hydrogens is 268 g/mol. The summed E-state index contributed by atoms with van der Waals surface area (Å²) >= 11 is 5.80. The number of terminal acetylenes is 1. The number of amides is 2. The van der Waals surface area contributed by atoms with Crippen molar-refractivity contribution in [2.75, 3.05) is 18.4 Å². The molecule has 1 rings (SSSR count). The van der Waals surface area contributed by atoms with E-state index in [1.807, 2.05) is 0 Å². The second kappa shape index (κ2) is 6.66. The van der Waals surface area contributed by atoms with Crippen molar-refractivity contribution < 1.29 is 14.7 Å². The number of anilines is 1. The minimum absolute atomic E-state index is 0.0605. The number of hydrogen-bond acceptors (Lipinski definition) is 2. The lowest BCUT2D eigenvalue weighted by molar-refractivity contribution is 0.0698. The van der Waals surface area contributed by atoms with E-state index in [0.29, 0.717) is 6.54 Å². The SMILES string of the molecule is C#CCN(CC)C(=O)Nc1cccc(Cl)c1C(=O)O. The molecule has 6 heteroatoms. The van der Waals surface area contributed by atoms with Gasteiger partial charge in [0.1, 0.15) is 5.56 Å². The Kier molecular flexibility index (Phi) is 5.22. The number of carbonyl (C=O) groups excluding carboxylic acids is 1. The molecule has 0 aliphatic carbocycles. The third kappa shape index (κ3) is 3.63. The number of carbonyl (C=O) groups is 2. The topological polar surface area (TPSA) is 69.6 Å². The number of hydrogen-bond donors (Lipinski definition) is 2. The molecule has 0 spiro atoms. The molecule has 0 bridgehead atoms. The number of benzene rings is 1. The van der Waals surface area contributed by atoms with Gasteiger partial charge in [-0.3, -0.25) is 0 Å². The Bertz CT molecular complexity index is 537. The summed E-state index contributed by atoms with van der Waals surface area (Å²) in [5.74, 6) is 1.15. The molecular formula is C13H13ClN2O3. The number of urea groups is 1. The Morgan fingerprint density at radius 2 is 2.21 bits per heavy atom. The number of halogens is 1. The van der Waals surface area contributed by atoms with Crippen LogP contribution in [0.2, 0.25) is 5.02 Å². The fourth-order valence-electron chi connectivity index (χ4n) is 1.48. The molecule has 0 aliphatic rings. The fraction of sp³-hybridized carbons (Fsp3) is 0.231. The standard InChI is InChI=1S/C13H13ClN2O3/c1-3-8-16(4-2)13(19)15-10-7-5-6-9(14)11(10)12(17)18/h1,5-7H,4,8H2,2H3,(H,15,19)(H,17,18). The van der Waals surface area contributed by atoms with E-state index in [1.54, 1.807) is 13.0 Å². The largest absolute Gasteiger partial charge is 0.478 e. The van der Waals surface area contributed by atoms with Gasteiger partial charge in [-0.2, -0.15) is 0 Å². The minimum Gasteiger partial charge on any atom is -0.478 e. The molecule has 0 heterocycles. The smallest absolute Gasteiger partial charge is 0.339 e. The molecule has 1 aromatic rings. The maximum absolute atomic E-state index is 11.9. The van der Waals surface area contributed by atoms with Crippen molar-refractivity contribution in [2.24, 2.45) is 0 Å². The molecule has 0 atom stereocenters. The second-order valence-corrected chi connectivity index (χ2v) is 4.02. The number of aromatic carboxylic acids is 1. The fourth-order valence-corrected chi connectivity index (χ4v) is 1.73. The van der Waals surface area contributed by atoms with Gasteiger partial charge >= 0.3 is 12.0 Å². The van der Waals surface area contributed by atoms with Crippen LogP contribution in [0, 0.1) is 12.3 Å². The Balaban J connectivity index is 3.00. The van der Waals surface area contributed by atoms with Crippen LogP contribution in [0.15, 0.2) is 18.2 Å². The molecule has 0 saturated carbocycles. The van der Waals surface area contributed by atoms with Crippen LogP contribution in [0.4, 0.5) is 10.5 Å². The Morgan fingerprint density at radius 1 is 1.53 bits per heavy atom. The molecule has 0 radical (unpaired) electrons. The number of nitrogens with one attached hydrogen (secondary N) is 1. The molecule has 0 unspecified atom stereocenters. The summed E-state index contributed by atoms with van der Waals surface area (Å²) in [7, 11) is 0. The van der Waals surface area contributed by atoms with Crippen molar-refractivity contribution in [3.8, 4) is 12.3 Å². The van der Waals surface area contributed by atoms with E-state index in [2.05, 4.69) is 11.2 Å². The van der Waals surface area contributed by atoms with Gasteiger partial charge in [-0.05, 0) is 19.1 Å². The normalized spacial score (nSPS) is 9.53. The molecule has 0 saturated heterocycles. The molecule has 2 N–H and O–H groups in total. The highest BCUT2D eigenvalue weighted by Gasteiger charge is 2.18. The van der Waals surface area contributed by atoms with Gasteiger partial charge in [-0.1, -0.05) is 23.6 Å². The first-order chi connectivity index (χ1) is 9.01. The lowest BCUT2D eigenvalue weighted by Gasteiger charge is -2.19. The van der Waals surface area contributed by atoms with E-state index in [1.165, 1.54) is 17.0 Å². The highest BCUT2D eigenvalue weighted by atomic mass is 35.5. The van der Waals surface area contributed by atoms with Crippen molar-refractivity contribution in [3.05, 3.63) is 28.8 Å². The third-order valence-electron chi connectivity index (χ3n) is 2.42. The van der Waals surface area contributed by atoms with Gasteiger partial charge in [0.2, 0.25) is 0 Å². The summed E-state index contributed by atoms with van der Waals surface area (Å²) < 4.78 is 0. The van der Waals surface area contributed by atoms with Crippen LogP contribution in [0.1, 0.15) is 17.3 Å². The first kappa shape index (κ1) is 14.9. The number of carboxylic acids is 1. The quantitative estimate of drug-likeness (QED) is 0.833. The monoisotopic (exact) mass is 280 g/mol. The average molecular weight is 281 g/mol. The van der Waals surface area contributed by atoms with Gasteiger partial charge in [0.25, 0.3) is 0 Å². The van der Waals surface area contributed by atoms with Crippen molar-refractivity contribution in [1.29, 1.82) is 0 Å². The Labute approximate surface area is 116 Å². The molecule has 0 fully saturated rings. The van der Waals surface area contributed by atoms with E-state index in [0.717, 1.165) is 0 Å². The number of carboxylic acid groups (broad SMARTS) is 1. The number of nitrogens with zero attached hydrogens (tertiary/aromatic N) is 1. The van der Waals surface area contributed by atoms with Gasteiger partial charge in [0, 0.05) is 6.54 Å². The van der Waals surface area contributed by atoms with Crippen LogP contribution in [0.3, 0.4) is 0 Å². The molecule has 1 aromatic carbocycles. The molecule has 19 heavy (non-hydrogen) atoms. The zero-order chi connectivity index (χ0) is 14.4. The zero-order valence-corrected chi connectivity index (χ0v) is 11.1. The highest BCUT2D eigenvalue weighted by molar-refractivity contribution is 6.34. The third-order valence-corrected chi connectivity index (χ3v) is 2.74. The lowest BCUT2D eigenvalue weighted by atomic mass is 10.2. The van der Waals surface area contributed by atoms with Crippen molar-refractivity contribution in [1.82, 2.24) is 4.90 Å². The van der Waals surface area contributed by atoms with E-state index >= 15 is 0 Å². The van der Waals surface area contributed by atoms with E-state index < -0.39 is 12.0 Å². The van der Waals surface area contributed by atoms with Crippen LogP contribution in [-0.2, 0) is 0 Å². The first-order valence-corrected chi connectivity index (χ1v) is 5.90. The zero-order valence-electron chi connectivity index (χ0n) is 10.3. The number of rotatable bonds is 4. The van der Waals surface area contributed by atoms with Crippen molar-refractivity contribution in [2.45, 2.75) is 6.92 Å². The van der Waals surface area contributed by atoms with E-state index in [9.17, 15) is 9.59 Å². The second-order valence-electron chi connectivity index (χ2n) is 3.62. The van der Waals surface area contributed by atoms with Gasteiger partial charge < -0.3 is 15.3 Å². The maximum atomic E-state index is 11.9. The maximum Gasteiger partial charge on any atom is 0.339 e. The van der Waals surface area contributed by atoms with Crippen LogP contribution < -0.4 is 5.32 Å². The van der Waals surface area contributed by atoms with Crippen LogP contribution >= 0.6 is 11.6 Å². The van der Waals surface area contributed by atoms with Gasteiger partial charge in [0.05, 0.1) is 17.3 Å². The highest BCUT2D eigenvalue weighted by Crippen LogP contribution is 2.24. The van der Waals surface area contributed by atoms with E-state index in [-0.39, 0.29) is 22.8 Å². The lowest BCUT2D eigenvalue weighted by Crippen LogP contribution is -2.35. The Morgan fingerprint density at radius 3 is 2.74 bits per heavy atom. The summed E-state index contributed by atoms with van der Waals surface area (Å²) in [6.07, 6.45) is 5.15. The molecule has 2 amide bonds. The molecule has 0 aromatic heterocycles. The molecule has 0 aliphatic heterocycles. The molecule has 5 nitrogen and oxygen atoms in total. The summed E-state index contributed by atoms with van der Waals surface area (Å²) in [5.41, 5.74) is -0.00486. The predicted octanol–water partition coefficient (Wildman–Crippen LogP) is 2.53. The summed E-state index contributed by atoms with van der Waals surface area (Å²) in [6.45, 7) is 2.33. The summed E-state index contributed by atoms with van der Waals surface area (Å²) in [5, 5.41) is 11.6. The first-order valence-electron chi connectivity index (χ1n) is 5.52. The van der Waals surface area contributed by atoms with Gasteiger partial charge in [-0.15, -0.1) is 6.42 Å². The van der Waals surface area contributed by atoms with Crippen molar-refractivity contribution in [3.63, 3.8) is 0 Å². The Hall–Kier alpha value is -2.19. The van der Waals surface area contributed by atoms with Gasteiger partial charge in [0.15, 0.2) is 0 Å². The van der Waals surface area contributed by atoms with Gasteiger partial charge in [-0.25, -0.2) is 9.59 Å². The predicted molar refractivity (Wildman–Crippen MR) is 73.5 cm³/mol. The molecule has 100 valence electrons. The minimum atomic E-state index is -1.21. The summed E-state index contributed by atoms with van der Waals surface area (Å²) in [4.78, 5) is 24.4. The van der Waals surface area contributed by atoms with Crippen LogP contribution in [-0.4, -0.2) is 35.1 Å². The summed E-state index contributed by atoms with van der Waals surface area (Å²) in [6, 6.07) is 4.00. The average Bonchev–Trinajstić information content (AvgIpc) is 2.35. The van der Waals surface area contributed by atoms with E-state index in [4.69, 9.17) is 23.1 Å². The van der Waals surface area contributed by atoms with Crippen LogP contribution in [0.25, 0.3) is 0 Å². The van der Waals surface area contributed by atoms with Crippen molar-refractivity contribution >= 4 is 29.3 Å². The van der Waals surface area contributed by atoms with Crippen LogP contribution in [0.5, 0.6) is 0 Å².